The summed E-state index contributed by atoms with van der Waals surface area (Å²) >= 11 is 0. The van der Waals surface area contributed by atoms with Crippen molar-refractivity contribution in [3.05, 3.63) is 69.2 Å². The van der Waals surface area contributed by atoms with Gasteiger partial charge >= 0.3 is 5.76 Å². The number of benzene rings is 2. The van der Waals surface area contributed by atoms with Crippen LogP contribution in [0, 0.1) is 10.1 Å². The van der Waals surface area contributed by atoms with Gasteiger partial charge in [-0.3, -0.25) is 19.5 Å². The summed E-state index contributed by atoms with van der Waals surface area (Å²) in [5.74, 6) is -1.09. The molecule has 0 fully saturated rings. The topological polar surface area (TPSA) is 111 Å². The third-order valence-corrected chi connectivity index (χ3v) is 4.35. The number of para-hydroxylation sites is 1. The van der Waals surface area contributed by atoms with Crippen molar-refractivity contribution in [3.8, 4) is 0 Å². The van der Waals surface area contributed by atoms with E-state index in [1.165, 1.54) is 18.2 Å². The summed E-state index contributed by atoms with van der Waals surface area (Å²) < 4.78 is 6.13. The number of carbonyl (C=O) groups is 1. The molecular formula is C19H20N4O5. The van der Waals surface area contributed by atoms with Crippen molar-refractivity contribution in [2.24, 2.45) is 0 Å². The molecule has 0 aliphatic carbocycles. The number of hydrogen-bond donors (Lipinski definition) is 1. The molecule has 9 heteroatoms. The molecule has 9 nitrogen and oxygen atoms in total. The number of rotatable bonds is 8. The van der Waals surface area contributed by atoms with Crippen LogP contribution in [0.5, 0.6) is 0 Å². The number of fused-ring (bicyclic) bond motifs is 1. The van der Waals surface area contributed by atoms with Gasteiger partial charge in [-0.2, -0.15) is 0 Å². The second kappa shape index (κ2) is 8.38. The Morgan fingerprint density at radius 2 is 2.00 bits per heavy atom. The van der Waals surface area contributed by atoms with E-state index in [1.807, 2.05) is 37.4 Å². The molecule has 1 heterocycles. The van der Waals surface area contributed by atoms with E-state index < -0.39 is 10.7 Å². The first-order chi connectivity index (χ1) is 13.5. The Kier molecular flexibility index (Phi) is 5.73. The first-order valence-electron chi connectivity index (χ1n) is 8.76. The van der Waals surface area contributed by atoms with Crippen LogP contribution in [-0.4, -0.2) is 35.5 Å². The van der Waals surface area contributed by atoms with Crippen LogP contribution in [-0.2, 0) is 11.3 Å². The van der Waals surface area contributed by atoms with Gasteiger partial charge in [0.15, 0.2) is 5.58 Å². The number of aromatic nitrogens is 1. The Hall–Kier alpha value is -3.62. The number of non-ortho nitro benzene ring substituents is 1. The summed E-state index contributed by atoms with van der Waals surface area (Å²) in [4.78, 5) is 36.6. The van der Waals surface area contributed by atoms with E-state index in [0.29, 0.717) is 6.54 Å². The molecule has 0 aliphatic heterocycles. The first kappa shape index (κ1) is 19.2. The van der Waals surface area contributed by atoms with Crippen LogP contribution < -0.4 is 16.0 Å². The van der Waals surface area contributed by atoms with Crippen molar-refractivity contribution in [1.82, 2.24) is 9.88 Å². The number of oxazole rings is 1. The number of carbonyl (C=O) groups excluding carboxylic acids is 1. The van der Waals surface area contributed by atoms with Crippen molar-refractivity contribution >= 4 is 28.4 Å². The monoisotopic (exact) mass is 384 g/mol. The minimum atomic E-state index is -0.727. The van der Waals surface area contributed by atoms with Gasteiger partial charge in [-0.15, -0.1) is 0 Å². The van der Waals surface area contributed by atoms with Gasteiger partial charge in [0.05, 0.1) is 10.4 Å². The third kappa shape index (κ3) is 4.37. The van der Waals surface area contributed by atoms with Crippen LogP contribution in [0.3, 0.4) is 0 Å². The van der Waals surface area contributed by atoms with Gasteiger partial charge in [0.2, 0.25) is 5.91 Å². The van der Waals surface area contributed by atoms with E-state index in [-0.39, 0.29) is 29.2 Å². The maximum Gasteiger partial charge on any atom is 0.420 e. The predicted molar refractivity (Wildman–Crippen MR) is 104 cm³/mol. The zero-order valence-electron chi connectivity index (χ0n) is 15.3. The number of nitrogens with zero attached hydrogens (tertiary/aromatic N) is 3. The van der Waals surface area contributed by atoms with Crippen LogP contribution in [0.25, 0.3) is 11.1 Å². The number of anilines is 1. The molecule has 1 amide bonds. The highest BCUT2D eigenvalue weighted by molar-refractivity contribution is 5.80. The number of hydrogen-bond acceptors (Lipinski definition) is 6. The number of nitro groups is 1. The Labute approximate surface area is 160 Å². The highest BCUT2D eigenvalue weighted by Gasteiger charge is 2.16. The molecule has 2 aromatic carbocycles. The van der Waals surface area contributed by atoms with Gasteiger partial charge < -0.3 is 14.6 Å². The van der Waals surface area contributed by atoms with E-state index in [9.17, 15) is 19.7 Å². The molecule has 3 rings (SSSR count). The Balaban J connectivity index is 1.56. The molecule has 28 heavy (non-hydrogen) atoms. The molecule has 1 aromatic heterocycles. The van der Waals surface area contributed by atoms with Gasteiger partial charge in [-0.05, 0) is 24.6 Å². The quantitative estimate of drug-likeness (QED) is 0.362. The SMILES string of the molecule is CN(CCCNC(=O)Cn1c(=O)oc2ccc([N+](=O)[O-])cc21)c1ccccc1. The fraction of sp³-hybridized carbons (Fsp3) is 0.263. The molecule has 0 atom stereocenters. The molecule has 1 N–H and O–H groups in total. The van der Waals surface area contributed by atoms with Gasteiger partial charge in [-0.1, -0.05) is 18.2 Å². The highest BCUT2D eigenvalue weighted by Crippen LogP contribution is 2.20. The van der Waals surface area contributed by atoms with Crippen molar-refractivity contribution in [2.75, 3.05) is 25.0 Å². The molecule has 0 aliphatic rings. The Morgan fingerprint density at radius 3 is 2.71 bits per heavy atom. The molecular weight excluding hydrogens is 364 g/mol. The second-order valence-corrected chi connectivity index (χ2v) is 6.32. The van der Waals surface area contributed by atoms with E-state index >= 15 is 0 Å². The number of nitro benzene ring substituents is 1. The minimum absolute atomic E-state index is 0.175. The van der Waals surface area contributed by atoms with Crippen LogP contribution in [0.1, 0.15) is 6.42 Å². The largest absolute Gasteiger partial charge is 0.420 e. The summed E-state index contributed by atoms with van der Waals surface area (Å²) in [6.45, 7) is 0.938. The number of amides is 1. The molecule has 0 radical (unpaired) electrons. The lowest BCUT2D eigenvalue weighted by atomic mass is 10.3. The third-order valence-electron chi connectivity index (χ3n) is 4.35. The minimum Gasteiger partial charge on any atom is -0.408 e. The summed E-state index contributed by atoms with van der Waals surface area (Å²) in [7, 11) is 1.97. The Morgan fingerprint density at radius 1 is 1.25 bits per heavy atom. The second-order valence-electron chi connectivity index (χ2n) is 6.32. The number of nitrogens with one attached hydrogen (secondary N) is 1. The van der Waals surface area contributed by atoms with Crippen LogP contribution in [0.4, 0.5) is 11.4 Å². The van der Waals surface area contributed by atoms with Gasteiger partial charge in [0.25, 0.3) is 5.69 Å². The fourth-order valence-corrected chi connectivity index (χ4v) is 2.87. The average molecular weight is 384 g/mol. The van der Waals surface area contributed by atoms with Crippen molar-refractivity contribution < 1.29 is 14.1 Å². The van der Waals surface area contributed by atoms with E-state index in [2.05, 4.69) is 10.2 Å². The lowest BCUT2D eigenvalue weighted by Crippen LogP contribution is -2.32. The standard InChI is InChI=1S/C19H20N4O5/c1-21(14-6-3-2-4-7-14)11-5-10-20-18(24)13-22-16-12-15(23(26)27)8-9-17(16)28-19(22)25/h2-4,6-9,12H,5,10-11,13H2,1H3,(H,20,24). The van der Waals surface area contributed by atoms with E-state index in [1.54, 1.807) is 0 Å². The Bertz CT molecular complexity index is 1040. The zero-order valence-corrected chi connectivity index (χ0v) is 15.3. The van der Waals surface area contributed by atoms with Crippen molar-refractivity contribution in [2.45, 2.75) is 13.0 Å². The molecule has 0 saturated heterocycles. The molecule has 0 unspecified atom stereocenters. The fourth-order valence-electron chi connectivity index (χ4n) is 2.87. The lowest BCUT2D eigenvalue weighted by Gasteiger charge is -2.19. The van der Waals surface area contributed by atoms with Crippen molar-refractivity contribution in [1.29, 1.82) is 0 Å². The predicted octanol–water partition coefficient (Wildman–Crippen LogP) is 2.15. The van der Waals surface area contributed by atoms with Crippen LogP contribution >= 0.6 is 0 Å². The summed E-state index contributed by atoms with van der Waals surface area (Å²) in [6, 6.07) is 13.7. The maximum atomic E-state index is 12.2. The normalized spacial score (nSPS) is 10.8. The molecule has 0 saturated carbocycles. The zero-order chi connectivity index (χ0) is 20.1. The van der Waals surface area contributed by atoms with E-state index in [4.69, 9.17) is 4.42 Å². The van der Waals surface area contributed by atoms with E-state index in [0.717, 1.165) is 23.2 Å². The molecule has 0 spiro atoms. The van der Waals surface area contributed by atoms with Gasteiger partial charge in [0.1, 0.15) is 6.54 Å². The average Bonchev–Trinajstić information content (AvgIpc) is 3.00. The van der Waals surface area contributed by atoms with Gasteiger partial charge in [0, 0.05) is 38.0 Å². The van der Waals surface area contributed by atoms with Crippen LogP contribution in [0.2, 0.25) is 0 Å². The van der Waals surface area contributed by atoms with Crippen LogP contribution in [0.15, 0.2) is 57.7 Å². The van der Waals surface area contributed by atoms with Gasteiger partial charge in [-0.25, -0.2) is 4.79 Å². The molecule has 3 aromatic rings. The molecule has 0 bridgehead atoms. The van der Waals surface area contributed by atoms with Crippen molar-refractivity contribution in [3.63, 3.8) is 0 Å². The highest BCUT2D eigenvalue weighted by atomic mass is 16.6. The lowest BCUT2D eigenvalue weighted by molar-refractivity contribution is -0.384. The smallest absolute Gasteiger partial charge is 0.408 e. The summed E-state index contributed by atoms with van der Waals surface area (Å²) in [6.07, 6.45) is 0.726. The first-order valence-corrected chi connectivity index (χ1v) is 8.76. The summed E-state index contributed by atoms with van der Waals surface area (Å²) in [5.41, 5.74) is 1.34. The maximum absolute atomic E-state index is 12.2. The summed E-state index contributed by atoms with van der Waals surface area (Å²) in [5, 5.41) is 13.7. The molecule has 146 valence electrons.